The lowest BCUT2D eigenvalue weighted by Gasteiger charge is -2.31. The van der Waals surface area contributed by atoms with Gasteiger partial charge in [-0.05, 0) is 24.8 Å². The molecule has 108 valence electrons. The van der Waals surface area contributed by atoms with Gasteiger partial charge in [0.1, 0.15) is 0 Å². The fourth-order valence-corrected chi connectivity index (χ4v) is 3.15. The van der Waals surface area contributed by atoms with Crippen LogP contribution in [0, 0.1) is 5.92 Å². The average molecular weight is 273 g/mol. The first-order chi connectivity index (χ1) is 9.69. The number of hydrogen-bond acceptors (Lipinski definition) is 4. The molecule has 0 saturated heterocycles. The van der Waals surface area contributed by atoms with E-state index in [2.05, 4.69) is 17.3 Å². The second kappa shape index (κ2) is 5.32. The molecule has 0 spiro atoms. The molecule has 1 fully saturated rings. The quantitative estimate of drug-likeness (QED) is 0.802. The second-order valence-electron chi connectivity index (χ2n) is 5.86. The van der Waals surface area contributed by atoms with Gasteiger partial charge in [0.2, 0.25) is 0 Å². The van der Waals surface area contributed by atoms with Crippen LogP contribution in [0.2, 0.25) is 0 Å². The smallest absolute Gasteiger partial charge is 0.0902 e. The molecule has 3 rings (SSSR count). The number of nitrogens with one attached hydrogen (secondary N) is 1. The zero-order valence-electron chi connectivity index (χ0n) is 12.0. The molecule has 0 radical (unpaired) electrons. The molecular formula is C15H23N5. The van der Waals surface area contributed by atoms with Gasteiger partial charge in [-0.15, -0.1) is 0 Å². The van der Waals surface area contributed by atoms with Gasteiger partial charge in [-0.3, -0.25) is 0 Å². The van der Waals surface area contributed by atoms with Crippen LogP contribution >= 0.6 is 0 Å². The van der Waals surface area contributed by atoms with Crippen LogP contribution in [0.3, 0.4) is 0 Å². The minimum absolute atomic E-state index is 0.484. The number of fused-ring (bicyclic) bond motifs is 1. The van der Waals surface area contributed by atoms with Crippen LogP contribution in [0.15, 0.2) is 18.5 Å². The van der Waals surface area contributed by atoms with Crippen molar-refractivity contribution in [1.82, 2.24) is 9.61 Å². The van der Waals surface area contributed by atoms with Crippen LogP contribution in [0.25, 0.3) is 5.52 Å². The first-order valence-electron chi connectivity index (χ1n) is 7.41. The minimum atomic E-state index is 0.484. The van der Waals surface area contributed by atoms with E-state index in [0.29, 0.717) is 18.5 Å². The highest BCUT2D eigenvalue weighted by Crippen LogP contribution is 2.30. The Morgan fingerprint density at radius 1 is 1.40 bits per heavy atom. The number of nitrogen functional groups attached to an aromatic ring is 1. The summed E-state index contributed by atoms with van der Waals surface area (Å²) in [5, 5.41) is 8.07. The van der Waals surface area contributed by atoms with Gasteiger partial charge < -0.3 is 16.8 Å². The predicted octanol–water partition coefficient (Wildman–Crippen LogP) is 2.37. The third-order valence-electron chi connectivity index (χ3n) is 4.40. The van der Waals surface area contributed by atoms with Gasteiger partial charge in [-0.2, -0.15) is 5.10 Å². The van der Waals surface area contributed by atoms with Crippen molar-refractivity contribution < 1.29 is 0 Å². The van der Waals surface area contributed by atoms with Crippen molar-refractivity contribution in [2.24, 2.45) is 11.7 Å². The van der Waals surface area contributed by atoms with Crippen molar-refractivity contribution in [2.45, 2.75) is 45.2 Å². The molecule has 2 heterocycles. The third-order valence-corrected chi connectivity index (χ3v) is 4.40. The molecular weight excluding hydrogens is 250 g/mol. The number of nitrogens with zero attached hydrogens (tertiary/aromatic N) is 2. The summed E-state index contributed by atoms with van der Waals surface area (Å²) in [5.74, 6) is 0.690. The molecule has 1 aliphatic carbocycles. The molecule has 0 amide bonds. The van der Waals surface area contributed by atoms with E-state index in [1.807, 2.05) is 23.0 Å². The van der Waals surface area contributed by atoms with E-state index in [1.54, 1.807) is 0 Å². The summed E-state index contributed by atoms with van der Waals surface area (Å²) < 4.78 is 1.82. The molecule has 2 atom stereocenters. The number of aromatic nitrogens is 2. The predicted molar refractivity (Wildman–Crippen MR) is 82.5 cm³/mol. The molecule has 0 aromatic carbocycles. The van der Waals surface area contributed by atoms with Crippen LogP contribution in [0.1, 0.15) is 38.2 Å². The van der Waals surface area contributed by atoms with Crippen LogP contribution in [-0.4, -0.2) is 15.7 Å². The number of hydrogen-bond donors (Lipinski definition) is 3. The van der Waals surface area contributed by atoms with E-state index in [-0.39, 0.29) is 0 Å². The first kappa shape index (κ1) is 13.2. The van der Waals surface area contributed by atoms with Gasteiger partial charge in [0, 0.05) is 18.2 Å². The lowest BCUT2D eigenvalue weighted by molar-refractivity contribution is 0.349. The average Bonchev–Trinajstić information content (AvgIpc) is 2.82. The number of rotatable bonds is 3. The molecule has 1 saturated carbocycles. The standard InChI is InChI=1S/C15H23N5/c1-10-4-2-3-5-13(10)19-15-11(7-16)8-18-20-9-12(17)6-14(15)20/h6,8-10,13,19H,2-5,7,16-17H2,1H3. The van der Waals surface area contributed by atoms with E-state index in [4.69, 9.17) is 11.5 Å². The van der Waals surface area contributed by atoms with E-state index >= 15 is 0 Å². The van der Waals surface area contributed by atoms with Crippen LogP contribution in [0.5, 0.6) is 0 Å². The van der Waals surface area contributed by atoms with E-state index in [9.17, 15) is 0 Å². The van der Waals surface area contributed by atoms with Crippen molar-refractivity contribution in [3.8, 4) is 0 Å². The maximum atomic E-state index is 5.89. The second-order valence-corrected chi connectivity index (χ2v) is 5.86. The summed E-state index contributed by atoms with van der Waals surface area (Å²) in [5.41, 5.74) is 15.6. The Morgan fingerprint density at radius 3 is 2.95 bits per heavy atom. The maximum Gasteiger partial charge on any atom is 0.0902 e. The lowest BCUT2D eigenvalue weighted by atomic mass is 9.85. The Morgan fingerprint density at radius 2 is 2.20 bits per heavy atom. The highest BCUT2D eigenvalue weighted by atomic mass is 15.2. The highest BCUT2D eigenvalue weighted by Gasteiger charge is 2.22. The molecule has 0 bridgehead atoms. The Bertz CT molecular complexity index is 604. The summed E-state index contributed by atoms with van der Waals surface area (Å²) in [6, 6.07) is 2.47. The Labute approximate surface area is 119 Å². The molecule has 5 N–H and O–H groups in total. The van der Waals surface area contributed by atoms with E-state index < -0.39 is 0 Å². The number of nitrogens with two attached hydrogens (primary N) is 2. The molecule has 2 aromatic heterocycles. The van der Waals surface area contributed by atoms with Gasteiger partial charge >= 0.3 is 0 Å². The summed E-state index contributed by atoms with van der Waals surface area (Å²) in [6.07, 6.45) is 8.82. The zero-order valence-corrected chi connectivity index (χ0v) is 12.0. The lowest BCUT2D eigenvalue weighted by Crippen LogP contribution is -2.31. The first-order valence-corrected chi connectivity index (χ1v) is 7.41. The molecule has 5 heteroatoms. The maximum absolute atomic E-state index is 5.89. The van der Waals surface area contributed by atoms with E-state index in [0.717, 1.165) is 22.5 Å². The minimum Gasteiger partial charge on any atom is -0.397 e. The SMILES string of the molecule is CC1CCCCC1Nc1c(CN)cnn2cc(N)cc12. The van der Waals surface area contributed by atoms with Crippen LogP contribution < -0.4 is 16.8 Å². The third kappa shape index (κ3) is 2.33. The Hall–Kier alpha value is -1.75. The summed E-state index contributed by atoms with van der Waals surface area (Å²) >= 11 is 0. The van der Waals surface area contributed by atoms with Crippen molar-refractivity contribution >= 4 is 16.9 Å². The van der Waals surface area contributed by atoms with Crippen molar-refractivity contribution in [3.63, 3.8) is 0 Å². The summed E-state index contributed by atoms with van der Waals surface area (Å²) in [7, 11) is 0. The van der Waals surface area contributed by atoms with E-state index in [1.165, 1.54) is 25.7 Å². The molecule has 0 aliphatic heterocycles. The highest BCUT2D eigenvalue weighted by molar-refractivity contribution is 5.78. The fourth-order valence-electron chi connectivity index (χ4n) is 3.15. The van der Waals surface area contributed by atoms with Gasteiger partial charge in [0.25, 0.3) is 0 Å². The topological polar surface area (TPSA) is 81.4 Å². The summed E-state index contributed by atoms with van der Waals surface area (Å²) in [4.78, 5) is 0. The normalized spacial score (nSPS) is 23.1. The van der Waals surface area contributed by atoms with Gasteiger partial charge in [0.05, 0.1) is 29.3 Å². The summed E-state index contributed by atoms with van der Waals surface area (Å²) in [6.45, 7) is 2.81. The largest absolute Gasteiger partial charge is 0.397 e. The van der Waals surface area contributed by atoms with Crippen LogP contribution in [0.4, 0.5) is 11.4 Å². The monoisotopic (exact) mass is 273 g/mol. The fraction of sp³-hybridized carbons (Fsp3) is 0.533. The number of anilines is 2. The van der Waals surface area contributed by atoms with Gasteiger partial charge in [-0.1, -0.05) is 19.8 Å². The van der Waals surface area contributed by atoms with Crippen molar-refractivity contribution in [2.75, 3.05) is 11.1 Å². The molecule has 1 aliphatic rings. The Kier molecular flexibility index (Phi) is 3.53. The molecule has 20 heavy (non-hydrogen) atoms. The Balaban J connectivity index is 1.99. The molecule has 2 unspecified atom stereocenters. The van der Waals surface area contributed by atoms with Crippen molar-refractivity contribution in [3.05, 3.63) is 24.0 Å². The van der Waals surface area contributed by atoms with Gasteiger partial charge in [0.15, 0.2) is 0 Å². The molecule has 5 nitrogen and oxygen atoms in total. The van der Waals surface area contributed by atoms with Crippen LogP contribution in [-0.2, 0) is 6.54 Å². The zero-order chi connectivity index (χ0) is 14.1. The molecule has 2 aromatic rings. The van der Waals surface area contributed by atoms with Crippen molar-refractivity contribution in [1.29, 1.82) is 0 Å². The van der Waals surface area contributed by atoms with Gasteiger partial charge in [-0.25, -0.2) is 4.52 Å².